The Morgan fingerprint density at radius 2 is 2.16 bits per heavy atom. The van der Waals surface area contributed by atoms with Gasteiger partial charge in [-0.25, -0.2) is 0 Å². The van der Waals surface area contributed by atoms with Crippen molar-refractivity contribution in [3.8, 4) is 5.75 Å². The fraction of sp³-hybridized carbons (Fsp3) is 0.389. The molecule has 0 radical (unpaired) electrons. The fourth-order valence-corrected chi connectivity index (χ4v) is 3.68. The molecule has 6 nitrogen and oxygen atoms in total. The van der Waals surface area contributed by atoms with E-state index < -0.39 is 0 Å². The Balaban J connectivity index is 1.60. The van der Waals surface area contributed by atoms with Crippen LogP contribution in [-0.4, -0.2) is 27.8 Å². The van der Waals surface area contributed by atoms with Gasteiger partial charge in [-0.3, -0.25) is 4.79 Å². The zero-order chi connectivity index (χ0) is 17.8. The number of ether oxygens (including phenoxy) is 1. The van der Waals surface area contributed by atoms with E-state index >= 15 is 0 Å². The van der Waals surface area contributed by atoms with Crippen LogP contribution >= 0.6 is 11.3 Å². The lowest BCUT2D eigenvalue weighted by atomic mass is 10.1. The highest BCUT2D eigenvalue weighted by Crippen LogP contribution is 2.26. The molecule has 0 unspecified atom stereocenters. The van der Waals surface area contributed by atoms with Gasteiger partial charge in [0.15, 0.2) is 0 Å². The van der Waals surface area contributed by atoms with Crippen molar-refractivity contribution in [1.29, 1.82) is 0 Å². The Hall–Kier alpha value is -2.41. The fourth-order valence-electron chi connectivity index (χ4n) is 2.71. The van der Waals surface area contributed by atoms with E-state index in [-0.39, 0.29) is 5.91 Å². The molecule has 3 aromatic rings. The summed E-state index contributed by atoms with van der Waals surface area (Å²) in [4.78, 5) is 12.2. The molecule has 1 aromatic carbocycles. The Bertz CT molecular complexity index is 869. The van der Waals surface area contributed by atoms with Crippen LogP contribution < -0.4 is 10.1 Å². The average Bonchev–Trinajstić information content (AvgIpc) is 3.19. The molecule has 0 fully saturated rings. The zero-order valence-electron chi connectivity index (χ0n) is 14.7. The number of rotatable bonds is 7. The second-order valence-corrected chi connectivity index (χ2v) is 7.36. The maximum absolute atomic E-state index is 12.2. The SMILES string of the molecule is COc1cccc2c1ccn2CCC(=O)Nc1nnc(CC(C)C)s1. The first kappa shape index (κ1) is 17.4. The number of methoxy groups -OCH3 is 1. The first-order chi connectivity index (χ1) is 12.1. The summed E-state index contributed by atoms with van der Waals surface area (Å²) < 4.78 is 7.43. The molecule has 2 aromatic heterocycles. The number of carbonyl (C=O) groups is 1. The molecule has 0 aliphatic rings. The lowest BCUT2D eigenvalue weighted by molar-refractivity contribution is -0.116. The zero-order valence-corrected chi connectivity index (χ0v) is 15.5. The predicted octanol–water partition coefficient (Wildman–Crippen LogP) is 3.73. The van der Waals surface area contributed by atoms with Crippen LogP contribution in [0.2, 0.25) is 0 Å². The molecule has 2 heterocycles. The molecule has 0 saturated heterocycles. The summed E-state index contributed by atoms with van der Waals surface area (Å²) in [5, 5.41) is 13.6. The van der Waals surface area contributed by atoms with Gasteiger partial charge < -0.3 is 14.6 Å². The van der Waals surface area contributed by atoms with Gasteiger partial charge in [-0.15, -0.1) is 10.2 Å². The normalized spacial score (nSPS) is 11.2. The second kappa shape index (κ2) is 7.65. The Kier molecular flexibility index (Phi) is 5.33. The van der Waals surface area contributed by atoms with Gasteiger partial charge in [0, 0.05) is 31.0 Å². The van der Waals surface area contributed by atoms with Crippen molar-refractivity contribution in [3.63, 3.8) is 0 Å². The molecule has 1 N–H and O–H groups in total. The third-order valence-electron chi connectivity index (χ3n) is 3.87. The van der Waals surface area contributed by atoms with Gasteiger partial charge in [-0.05, 0) is 24.1 Å². The molecule has 0 atom stereocenters. The van der Waals surface area contributed by atoms with Gasteiger partial charge in [0.2, 0.25) is 11.0 Å². The van der Waals surface area contributed by atoms with Gasteiger partial charge in [0.05, 0.1) is 12.6 Å². The smallest absolute Gasteiger partial charge is 0.227 e. The minimum Gasteiger partial charge on any atom is -0.496 e. The number of nitrogens with zero attached hydrogens (tertiary/aromatic N) is 3. The molecule has 3 rings (SSSR count). The summed E-state index contributed by atoms with van der Waals surface area (Å²) >= 11 is 1.44. The summed E-state index contributed by atoms with van der Waals surface area (Å²) in [7, 11) is 1.66. The number of aromatic nitrogens is 3. The third kappa shape index (κ3) is 4.17. The first-order valence-electron chi connectivity index (χ1n) is 8.31. The number of hydrogen-bond donors (Lipinski definition) is 1. The van der Waals surface area contributed by atoms with Crippen LogP contribution in [0.15, 0.2) is 30.5 Å². The summed E-state index contributed by atoms with van der Waals surface area (Å²) in [6.45, 7) is 4.87. The van der Waals surface area contributed by atoms with Crippen molar-refractivity contribution in [2.24, 2.45) is 5.92 Å². The minimum absolute atomic E-state index is 0.0583. The third-order valence-corrected chi connectivity index (χ3v) is 4.73. The highest BCUT2D eigenvalue weighted by atomic mass is 32.1. The molecule has 0 aliphatic carbocycles. The van der Waals surface area contributed by atoms with Crippen molar-refractivity contribution in [3.05, 3.63) is 35.5 Å². The summed E-state index contributed by atoms with van der Waals surface area (Å²) in [6, 6.07) is 7.92. The van der Waals surface area contributed by atoms with Crippen LogP contribution in [0.5, 0.6) is 5.75 Å². The number of benzene rings is 1. The van der Waals surface area contributed by atoms with E-state index in [0.29, 0.717) is 24.0 Å². The van der Waals surface area contributed by atoms with Crippen LogP contribution in [0.1, 0.15) is 25.3 Å². The van der Waals surface area contributed by atoms with Gasteiger partial charge in [-0.2, -0.15) is 0 Å². The summed E-state index contributed by atoms with van der Waals surface area (Å²) in [6.07, 6.45) is 3.23. The Morgan fingerprint density at radius 3 is 2.92 bits per heavy atom. The first-order valence-corrected chi connectivity index (χ1v) is 9.12. The van der Waals surface area contributed by atoms with Crippen LogP contribution in [-0.2, 0) is 17.8 Å². The maximum Gasteiger partial charge on any atom is 0.227 e. The Morgan fingerprint density at radius 1 is 1.32 bits per heavy atom. The maximum atomic E-state index is 12.2. The largest absolute Gasteiger partial charge is 0.496 e. The molecule has 132 valence electrons. The molecule has 25 heavy (non-hydrogen) atoms. The standard InChI is InChI=1S/C18H22N4O2S/c1-12(2)11-17-20-21-18(25-17)19-16(23)8-10-22-9-7-13-14(22)5-4-6-15(13)24-3/h4-7,9,12H,8,10-11H2,1-3H3,(H,19,21,23). The molecule has 1 amide bonds. The van der Waals surface area contributed by atoms with E-state index in [1.54, 1.807) is 7.11 Å². The molecule has 7 heteroatoms. The Labute approximate surface area is 150 Å². The van der Waals surface area contributed by atoms with E-state index in [1.807, 2.05) is 30.5 Å². The van der Waals surface area contributed by atoms with E-state index in [0.717, 1.165) is 28.1 Å². The van der Waals surface area contributed by atoms with E-state index in [1.165, 1.54) is 11.3 Å². The van der Waals surface area contributed by atoms with Gasteiger partial charge in [0.25, 0.3) is 0 Å². The van der Waals surface area contributed by atoms with E-state index in [2.05, 4.69) is 33.9 Å². The number of anilines is 1. The molecule has 0 spiro atoms. The number of aryl methyl sites for hydroxylation is 1. The number of carbonyl (C=O) groups excluding carboxylic acids is 1. The number of fused-ring (bicyclic) bond motifs is 1. The van der Waals surface area contributed by atoms with Crippen LogP contribution in [0.3, 0.4) is 0 Å². The second-order valence-electron chi connectivity index (χ2n) is 6.30. The lowest BCUT2D eigenvalue weighted by Crippen LogP contribution is -2.14. The highest BCUT2D eigenvalue weighted by Gasteiger charge is 2.11. The molecule has 0 aliphatic heterocycles. The number of amides is 1. The highest BCUT2D eigenvalue weighted by molar-refractivity contribution is 7.15. The van der Waals surface area contributed by atoms with Gasteiger partial charge >= 0.3 is 0 Å². The van der Waals surface area contributed by atoms with E-state index in [9.17, 15) is 4.79 Å². The number of nitrogens with one attached hydrogen (secondary N) is 1. The van der Waals surface area contributed by atoms with Crippen molar-refractivity contribution in [2.45, 2.75) is 33.2 Å². The van der Waals surface area contributed by atoms with Gasteiger partial charge in [0.1, 0.15) is 10.8 Å². The van der Waals surface area contributed by atoms with Crippen molar-refractivity contribution in [2.75, 3.05) is 12.4 Å². The van der Waals surface area contributed by atoms with Crippen LogP contribution in [0.25, 0.3) is 10.9 Å². The van der Waals surface area contributed by atoms with Crippen LogP contribution in [0, 0.1) is 5.92 Å². The minimum atomic E-state index is -0.0583. The predicted molar refractivity (Wildman–Crippen MR) is 100 cm³/mol. The van der Waals surface area contributed by atoms with Crippen molar-refractivity contribution < 1.29 is 9.53 Å². The monoisotopic (exact) mass is 358 g/mol. The average molecular weight is 358 g/mol. The lowest BCUT2D eigenvalue weighted by Gasteiger charge is -2.06. The van der Waals surface area contributed by atoms with E-state index in [4.69, 9.17) is 4.74 Å². The van der Waals surface area contributed by atoms with Crippen molar-refractivity contribution >= 4 is 33.3 Å². The summed E-state index contributed by atoms with van der Waals surface area (Å²) in [5.41, 5.74) is 1.06. The molecule has 0 saturated carbocycles. The molecular weight excluding hydrogens is 336 g/mol. The van der Waals surface area contributed by atoms with Crippen LogP contribution in [0.4, 0.5) is 5.13 Å². The quantitative estimate of drug-likeness (QED) is 0.699. The summed E-state index contributed by atoms with van der Waals surface area (Å²) in [5.74, 6) is 1.31. The number of hydrogen-bond acceptors (Lipinski definition) is 5. The topological polar surface area (TPSA) is 69.0 Å². The van der Waals surface area contributed by atoms with Gasteiger partial charge in [-0.1, -0.05) is 31.3 Å². The molecular formula is C18H22N4O2S. The van der Waals surface area contributed by atoms with Crippen molar-refractivity contribution in [1.82, 2.24) is 14.8 Å². The molecule has 0 bridgehead atoms.